The molecule has 0 aliphatic carbocycles. The second kappa shape index (κ2) is 11.3. The molecule has 6 nitrogen and oxygen atoms in total. The lowest BCUT2D eigenvalue weighted by Crippen LogP contribution is -2.07. The van der Waals surface area contributed by atoms with E-state index in [4.69, 9.17) is 4.98 Å². The number of nitrogens with zero attached hydrogens (tertiary/aromatic N) is 4. The van der Waals surface area contributed by atoms with Crippen LogP contribution in [0.5, 0.6) is 0 Å². The highest BCUT2D eigenvalue weighted by Gasteiger charge is 2.17. The van der Waals surface area contributed by atoms with Gasteiger partial charge in [-0.25, -0.2) is 9.97 Å². The molecular formula is C33H36N4O2. The van der Waals surface area contributed by atoms with Crippen molar-refractivity contribution < 1.29 is 9.90 Å². The molecule has 5 aromatic rings. The van der Waals surface area contributed by atoms with Gasteiger partial charge in [0.25, 0.3) is 0 Å². The topological polar surface area (TPSA) is 72.9 Å². The first kappa shape index (κ1) is 26.4. The van der Waals surface area contributed by atoms with Gasteiger partial charge in [0.1, 0.15) is 5.82 Å². The molecule has 1 N–H and O–H groups in total. The zero-order valence-electron chi connectivity index (χ0n) is 23.2. The number of hydrogen-bond donors (Lipinski definition) is 1. The number of benzene rings is 3. The Labute approximate surface area is 230 Å². The predicted octanol–water partition coefficient (Wildman–Crippen LogP) is 7.47. The van der Waals surface area contributed by atoms with E-state index >= 15 is 0 Å². The summed E-state index contributed by atoms with van der Waals surface area (Å²) in [6, 6.07) is 21.4. The summed E-state index contributed by atoms with van der Waals surface area (Å²) in [5.74, 6) is 0.285. The van der Waals surface area contributed by atoms with Gasteiger partial charge in [-0.3, -0.25) is 4.79 Å². The van der Waals surface area contributed by atoms with Gasteiger partial charge >= 0.3 is 5.97 Å². The molecule has 6 heteroatoms. The lowest BCUT2D eigenvalue weighted by Gasteiger charge is -2.14. The second-order valence-corrected chi connectivity index (χ2v) is 10.6. The molecule has 39 heavy (non-hydrogen) atoms. The SMILES string of the molecule is CCCc1nc2c(C)cc(-c3cn(C(C)C)cn3)cc2n1Cc1ccc(-c2ccccc2)c(CCC(=O)O)c1. The summed E-state index contributed by atoms with van der Waals surface area (Å²) in [6.45, 7) is 9.28. The Bertz CT molecular complexity index is 1610. The summed E-state index contributed by atoms with van der Waals surface area (Å²) in [5, 5.41) is 9.39. The van der Waals surface area contributed by atoms with Crippen molar-refractivity contribution in [1.29, 1.82) is 0 Å². The van der Waals surface area contributed by atoms with Gasteiger partial charge < -0.3 is 14.2 Å². The standard InChI is InChI=1S/C33H36N4O2/c1-5-9-31-35-33-23(4)16-27(29-20-36(21-34-29)22(2)3)18-30(33)37(31)19-24-12-14-28(25-10-7-6-8-11-25)26(17-24)13-15-32(38)39/h6-8,10-12,14,16-18,20-22H,5,9,13,15,19H2,1-4H3,(H,38,39). The molecule has 0 amide bonds. The van der Waals surface area contributed by atoms with Crippen molar-refractivity contribution in [1.82, 2.24) is 19.1 Å². The third-order valence-electron chi connectivity index (χ3n) is 7.29. The molecule has 0 aliphatic heterocycles. The molecule has 0 spiro atoms. The molecule has 2 aromatic heterocycles. The quantitative estimate of drug-likeness (QED) is 0.207. The molecule has 0 atom stereocenters. The van der Waals surface area contributed by atoms with Gasteiger partial charge in [-0.1, -0.05) is 55.5 Å². The largest absolute Gasteiger partial charge is 0.481 e. The average molecular weight is 521 g/mol. The Morgan fingerprint density at radius 3 is 2.49 bits per heavy atom. The Hall–Kier alpha value is -4.19. The van der Waals surface area contributed by atoms with E-state index in [1.54, 1.807) is 0 Å². The first-order valence-electron chi connectivity index (χ1n) is 13.8. The summed E-state index contributed by atoms with van der Waals surface area (Å²) in [5.41, 5.74) is 9.70. The molecule has 0 unspecified atom stereocenters. The Kier molecular flexibility index (Phi) is 7.64. The van der Waals surface area contributed by atoms with Crippen LogP contribution < -0.4 is 0 Å². The molecule has 0 fully saturated rings. The molecule has 3 aromatic carbocycles. The fraction of sp³-hybridized carbons (Fsp3) is 0.303. The maximum atomic E-state index is 11.4. The number of aromatic nitrogens is 4. The minimum Gasteiger partial charge on any atom is -0.481 e. The van der Waals surface area contributed by atoms with Gasteiger partial charge in [-0.05, 0) is 73.6 Å². The summed E-state index contributed by atoms with van der Waals surface area (Å²) < 4.78 is 4.45. The van der Waals surface area contributed by atoms with Crippen LogP contribution in [0.2, 0.25) is 0 Å². The van der Waals surface area contributed by atoms with E-state index in [0.717, 1.165) is 68.8 Å². The summed E-state index contributed by atoms with van der Waals surface area (Å²) in [4.78, 5) is 21.2. The first-order valence-corrected chi connectivity index (χ1v) is 13.8. The minimum absolute atomic E-state index is 0.101. The van der Waals surface area contributed by atoms with Crippen LogP contribution in [0.3, 0.4) is 0 Å². The number of carbonyl (C=O) groups is 1. The smallest absolute Gasteiger partial charge is 0.303 e. The summed E-state index contributed by atoms with van der Waals surface area (Å²) in [6.07, 6.45) is 6.48. The summed E-state index contributed by atoms with van der Waals surface area (Å²) in [7, 11) is 0. The first-order chi connectivity index (χ1) is 18.8. The zero-order chi connectivity index (χ0) is 27.5. The average Bonchev–Trinajstić information content (AvgIpc) is 3.55. The van der Waals surface area contributed by atoms with Crippen molar-refractivity contribution in [2.24, 2.45) is 0 Å². The maximum Gasteiger partial charge on any atom is 0.303 e. The molecule has 0 saturated heterocycles. The third kappa shape index (κ3) is 5.65. The van der Waals surface area contributed by atoms with E-state index in [2.05, 4.69) is 90.5 Å². The van der Waals surface area contributed by atoms with Crippen LogP contribution in [0.15, 0.2) is 73.2 Å². The number of aryl methyl sites for hydroxylation is 3. The number of aliphatic carboxylic acids is 1. The Morgan fingerprint density at radius 1 is 1.00 bits per heavy atom. The number of rotatable bonds is 10. The van der Waals surface area contributed by atoms with E-state index in [1.807, 2.05) is 24.5 Å². The predicted molar refractivity (Wildman–Crippen MR) is 157 cm³/mol. The number of carboxylic acids is 1. The van der Waals surface area contributed by atoms with Crippen LogP contribution in [-0.4, -0.2) is 30.2 Å². The van der Waals surface area contributed by atoms with E-state index in [0.29, 0.717) is 19.0 Å². The summed E-state index contributed by atoms with van der Waals surface area (Å²) >= 11 is 0. The normalized spacial score (nSPS) is 11.5. The Morgan fingerprint density at radius 2 is 1.79 bits per heavy atom. The molecule has 0 aliphatic rings. The fourth-order valence-corrected chi connectivity index (χ4v) is 5.22. The van der Waals surface area contributed by atoms with Crippen molar-refractivity contribution in [3.05, 3.63) is 95.7 Å². The fourth-order valence-electron chi connectivity index (χ4n) is 5.22. The molecular weight excluding hydrogens is 484 g/mol. The van der Waals surface area contributed by atoms with Crippen molar-refractivity contribution in [2.75, 3.05) is 0 Å². The lowest BCUT2D eigenvalue weighted by atomic mass is 9.94. The van der Waals surface area contributed by atoms with Crippen LogP contribution >= 0.6 is 0 Å². The van der Waals surface area contributed by atoms with Crippen LogP contribution in [0, 0.1) is 6.92 Å². The van der Waals surface area contributed by atoms with E-state index in [9.17, 15) is 9.90 Å². The maximum absolute atomic E-state index is 11.4. The van der Waals surface area contributed by atoms with Crippen LogP contribution in [-0.2, 0) is 24.2 Å². The highest BCUT2D eigenvalue weighted by Crippen LogP contribution is 2.31. The van der Waals surface area contributed by atoms with E-state index in [1.165, 1.54) is 0 Å². The van der Waals surface area contributed by atoms with Gasteiger partial charge in [0.2, 0.25) is 0 Å². The second-order valence-electron chi connectivity index (χ2n) is 10.6. The van der Waals surface area contributed by atoms with E-state index < -0.39 is 5.97 Å². The molecule has 200 valence electrons. The van der Waals surface area contributed by atoms with Gasteiger partial charge in [-0.15, -0.1) is 0 Å². The highest BCUT2D eigenvalue weighted by atomic mass is 16.4. The van der Waals surface area contributed by atoms with Crippen LogP contribution in [0.25, 0.3) is 33.4 Å². The van der Waals surface area contributed by atoms with Crippen molar-refractivity contribution in [3.8, 4) is 22.4 Å². The molecule has 2 heterocycles. The minimum atomic E-state index is -0.784. The van der Waals surface area contributed by atoms with Gasteiger partial charge in [-0.2, -0.15) is 0 Å². The number of imidazole rings is 2. The zero-order valence-corrected chi connectivity index (χ0v) is 23.2. The van der Waals surface area contributed by atoms with Crippen LogP contribution in [0.4, 0.5) is 0 Å². The van der Waals surface area contributed by atoms with Gasteiger partial charge in [0.15, 0.2) is 0 Å². The van der Waals surface area contributed by atoms with Gasteiger partial charge in [0.05, 0.1) is 23.1 Å². The number of carboxylic acid groups (broad SMARTS) is 1. The Balaban J connectivity index is 1.58. The van der Waals surface area contributed by atoms with Crippen molar-refractivity contribution >= 4 is 17.0 Å². The molecule has 0 radical (unpaired) electrons. The lowest BCUT2D eigenvalue weighted by molar-refractivity contribution is -0.136. The van der Waals surface area contributed by atoms with E-state index in [-0.39, 0.29) is 6.42 Å². The van der Waals surface area contributed by atoms with Crippen molar-refractivity contribution in [2.45, 2.75) is 66.0 Å². The highest BCUT2D eigenvalue weighted by molar-refractivity contribution is 5.85. The van der Waals surface area contributed by atoms with Crippen LogP contribution in [0.1, 0.15) is 62.2 Å². The molecule has 0 bridgehead atoms. The third-order valence-corrected chi connectivity index (χ3v) is 7.29. The van der Waals surface area contributed by atoms with Gasteiger partial charge in [0, 0.05) is 37.2 Å². The monoisotopic (exact) mass is 520 g/mol. The number of fused-ring (bicyclic) bond motifs is 1. The number of hydrogen-bond acceptors (Lipinski definition) is 3. The molecule has 0 saturated carbocycles. The molecule has 5 rings (SSSR count). The van der Waals surface area contributed by atoms with Crippen molar-refractivity contribution in [3.63, 3.8) is 0 Å².